The molecule has 0 spiro atoms. The SMILES string of the molecule is CC(N)c1oc(-c2ccc(OC(F)F)c(OCC3CC3)c2)nc1C(=O)NCc1ccccc1.Cl. The minimum Gasteiger partial charge on any atom is -0.489 e. The van der Waals surface area contributed by atoms with Gasteiger partial charge in [0.2, 0.25) is 5.89 Å². The van der Waals surface area contributed by atoms with E-state index in [1.807, 2.05) is 30.3 Å². The van der Waals surface area contributed by atoms with Crippen LogP contribution in [0.4, 0.5) is 8.78 Å². The van der Waals surface area contributed by atoms with E-state index in [-0.39, 0.29) is 41.3 Å². The van der Waals surface area contributed by atoms with Gasteiger partial charge in [0.25, 0.3) is 5.91 Å². The Hall–Kier alpha value is -3.17. The first kappa shape index (κ1) is 25.5. The predicted octanol–water partition coefficient (Wildman–Crippen LogP) is 5.10. The lowest BCUT2D eigenvalue weighted by atomic mass is 10.2. The third-order valence-electron chi connectivity index (χ3n) is 5.16. The van der Waals surface area contributed by atoms with E-state index in [0.29, 0.717) is 24.6 Å². The number of oxazole rings is 1. The van der Waals surface area contributed by atoms with E-state index in [9.17, 15) is 13.6 Å². The Morgan fingerprint density at radius 2 is 1.94 bits per heavy atom. The molecule has 10 heteroatoms. The van der Waals surface area contributed by atoms with E-state index in [2.05, 4.69) is 15.0 Å². The van der Waals surface area contributed by atoms with Gasteiger partial charge in [-0.2, -0.15) is 8.78 Å². The number of nitrogens with one attached hydrogen (secondary N) is 1. The van der Waals surface area contributed by atoms with E-state index in [0.717, 1.165) is 18.4 Å². The van der Waals surface area contributed by atoms with Crippen molar-refractivity contribution in [2.24, 2.45) is 11.7 Å². The minimum absolute atomic E-state index is 0. The van der Waals surface area contributed by atoms with Crippen LogP contribution in [-0.2, 0) is 6.54 Å². The fraction of sp³-hybridized carbons (Fsp3) is 0.333. The monoisotopic (exact) mass is 493 g/mol. The molecular formula is C24H26ClF2N3O4. The van der Waals surface area contributed by atoms with Gasteiger partial charge in [-0.05, 0) is 49.4 Å². The van der Waals surface area contributed by atoms with Crippen molar-refractivity contribution in [1.29, 1.82) is 0 Å². The molecule has 1 atom stereocenters. The van der Waals surface area contributed by atoms with Crippen LogP contribution in [0.2, 0.25) is 0 Å². The molecule has 1 unspecified atom stereocenters. The molecule has 1 fully saturated rings. The first-order valence-corrected chi connectivity index (χ1v) is 10.7. The van der Waals surface area contributed by atoms with Crippen LogP contribution in [0.25, 0.3) is 11.5 Å². The number of nitrogens with zero attached hydrogens (tertiary/aromatic N) is 1. The van der Waals surface area contributed by atoms with Crippen molar-refractivity contribution in [3.8, 4) is 23.0 Å². The van der Waals surface area contributed by atoms with Crippen molar-refractivity contribution in [3.05, 3.63) is 65.5 Å². The molecule has 182 valence electrons. The maximum atomic E-state index is 12.8. The summed E-state index contributed by atoms with van der Waals surface area (Å²) in [4.78, 5) is 17.1. The quantitative estimate of drug-likeness (QED) is 0.407. The molecule has 1 amide bonds. The van der Waals surface area contributed by atoms with Crippen LogP contribution in [0.1, 0.15) is 47.6 Å². The number of hydrogen-bond acceptors (Lipinski definition) is 6. The molecule has 1 aromatic heterocycles. The van der Waals surface area contributed by atoms with Gasteiger partial charge in [0.1, 0.15) is 0 Å². The van der Waals surface area contributed by atoms with Crippen LogP contribution in [0.3, 0.4) is 0 Å². The summed E-state index contributed by atoms with van der Waals surface area (Å²) in [7, 11) is 0. The van der Waals surface area contributed by atoms with E-state index in [1.54, 1.807) is 6.92 Å². The van der Waals surface area contributed by atoms with Gasteiger partial charge >= 0.3 is 6.61 Å². The molecule has 3 N–H and O–H groups in total. The normalized spacial score (nSPS) is 13.8. The molecular weight excluding hydrogens is 468 g/mol. The maximum absolute atomic E-state index is 12.8. The van der Waals surface area contributed by atoms with Crippen LogP contribution in [0.5, 0.6) is 11.5 Å². The van der Waals surface area contributed by atoms with Gasteiger partial charge < -0.3 is 24.9 Å². The van der Waals surface area contributed by atoms with Crippen LogP contribution in [0.15, 0.2) is 52.9 Å². The highest BCUT2D eigenvalue weighted by Gasteiger charge is 2.26. The smallest absolute Gasteiger partial charge is 0.387 e. The molecule has 0 saturated heterocycles. The van der Waals surface area contributed by atoms with Crippen LogP contribution >= 0.6 is 12.4 Å². The molecule has 1 saturated carbocycles. The average molecular weight is 494 g/mol. The number of aromatic nitrogens is 1. The van der Waals surface area contributed by atoms with Gasteiger partial charge in [-0.3, -0.25) is 4.79 Å². The topological polar surface area (TPSA) is 99.6 Å². The molecule has 0 bridgehead atoms. The number of benzene rings is 2. The first-order valence-electron chi connectivity index (χ1n) is 10.7. The maximum Gasteiger partial charge on any atom is 0.387 e. The predicted molar refractivity (Wildman–Crippen MR) is 124 cm³/mol. The van der Waals surface area contributed by atoms with E-state index in [4.69, 9.17) is 14.9 Å². The van der Waals surface area contributed by atoms with Gasteiger partial charge in [0.15, 0.2) is 23.0 Å². The largest absolute Gasteiger partial charge is 0.489 e. The number of hydrogen-bond donors (Lipinski definition) is 2. The Morgan fingerprint density at radius 1 is 1.21 bits per heavy atom. The highest BCUT2D eigenvalue weighted by molar-refractivity contribution is 5.94. The van der Waals surface area contributed by atoms with Crippen molar-refractivity contribution in [2.45, 2.75) is 39.0 Å². The number of rotatable bonds is 10. The minimum atomic E-state index is -2.98. The number of halogens is 3. The van der Waals surface area contributed by atoms with E-state index < -0.39 is 18.6 Å². The molecule has 1 aliphatic rings. The fourth-order valence-corrected chi connectivity index (χ4v) is 3.23. The number of nitrogens with two attached hydrogens (primary N) is 1. The van der Waals surface area contributed by atoms with Gasteiger partial charge in [-0.1, -0.05) is 30.3 Å². The van der Waals surface area contributed by atoms with Crippen LogP contribution in [0, 0.1) is 5.92 Å². The van der Waals surface area contributed by atoms with Gasteiger partial charge in [0.05, 0.1) is 12.6 Å². The van der Waals surface area contributed by atoms with E-state index >= 15 is 0 Å². The van der Waals surface area contributed by atoms with Crippen molar-refractivity contribution < 1.29 is 27.5 Å². The summed E-state index contributed by atoms with van der Waals surface area (Å²) >= 11 is 0. The summed E-state index contributed by atoms with van der Waals surface area (Å²) < 4.78 is 41.7. The summed E-state index contributed by atoms with van der Waals surface area (Å²) in [5.41, 5.74) is 7.46. The summed E-state index contributed by atoms with van der Waals surface area (Å²) in [6.45, 7) is -0.570. The van der Waals surface area contributed by atoms with Crippen LogP contribution < -0.4 is 20.5 Å². The van der Waals surface area contributed by atoms with E-state index in [1.165, 1.54) is 18.2 Å². The Kier molecular flexibility index (Phi) is 8.46. The number of ether oxygens (including phenoxy) is 2. The molecule has 0 radical (unpaired) electrons. The number of alkyl halides is 2. The van der Waals surface area contributed by atoms with Gasteiger partial charge in [-0.25, -0.2) is 4.98 Å². The lowest BCUT2D eigenvalue weighted by molar-refractivity contribution is -0.0515. The van der Waals surface area contributed by atoms with Gasteiger partial charge in [-0.15, -0.1) is 12.4 Å². The average Bonchev–Trinajstić information content (AvgIpc) is 3.52. The second-order valence-electron chi connectivity index (χ2n) is 7.98. The van der Waals surface area contributed by atoms with Crippen molar-refractivity contribution in [1.82, 2.24) is 10.3 Å². The second-order valence-corrected chi connectivity index (χ2v) is 7.98. The Bertz CT molecular complexity index is 1100. The molecule has 0 aliphatic heterocycles. The first-order chi connectivity index (χ1) is 15.9. The lowest BCUT2D eigenvalue weighted by Crippen LogP contribution is -2.25. The van der Waals surface area contributed by atoms with Crippen molar-refractivity contribution >= 4 is 18.3 Å². The zero-order valence-electron chi connectivity index (χ0n) is 18.5. The lowest BCUT2D eigenvalue weighted by Gasteiger charge is -2.12. The number of carbonyl (C=O) groups excluding carboxylic acids is 1. The Labute approximate surface area is 202 Å². The zero-order valence-corrected chi connectivity index (χ0v) is 19.3. The molecule has 1 heterocycles. The highest BCUT2D eigenvalue weighted by Crippen LogP contribution is 2.37. The summed E-state index contributed by atoms with van der Waals surface area (Å²) in [6, 6.07) is 13.3. The molecule has 1 aliphatic carbocycles. The summed E-state index contributed by atoms with van der Waals surface area (Å²) in [5.74, 6) is 0.434. The molecule has 3 aromatic rings. The standard InChI is InChI=1S/C24H25F2N3O4.ClH/c1-14(27)21-20(22(30)28-12-15-5-3-2-4-6-15)29-23(33-21)17-9-10-18(32-24(25)26)19(11-17)31-13-16-7-8-16;/h2-6,9-11,14,16,24H,7-8,12-13,27H2,1H3,(H,28,30);1H. The Balaban J connectivity index is 0.00000324. The van der Waals surface area contributed by atoms with Crippen molar-refractivity contribution in [2.75, 3.05) is 6.61 Å². The van der Waals surface area contributed by atoms with Crippen molar-refractivity contribution in [3.63, 3.8) is 0 Å². The third kappa shape index (κ3) is 6.45. The highest BCUT2D eigenvalue weighted by atomic mass is 35.5. The molecule has 34 heavy (non-hydrogen) atoms. The number of amides is 1. The Morgan fingerprint density at radius 3 is 2.59 bits per heavy atom. The summed E-state index contributed by atoms with van der Waals surface area (Å²) in [5, 5.41) is 2.81. The molecule has 4 rings (SSSR count). The fourth-order valence-electron chi connectivity index (χ4n) is 3.23. The molecule has 2 aromatic carbocycles. The van der Waals surface area contributed by atoms with Gasteiger partial charge in [0, 0.05) is 12.1 Å². The second kappa shape index (κ2) is 11.3. The summed E-state index contributed by atoms with van der Waals surface area (Å²) in [6.07, 6.45) is 2.09. The third-order valence-corrected chi connectivity index (χ3v) is 5.16. The number of carbonyl (C=O) groups is 1. The molecule has 7 nitrogen and oxygen atoms in total. The zero-order chi connectivity index (χ0) is 23.4. The van der Waals surface area contributed by atoms with Crippen LogP contribution in [-0.4, -0.2) is 24.1 Å².